The van der Waals surface area contributed by atoms with Gasteiger partial charge in [0.2, 0.25) is 0 Å². The highest BCUT2D eigenvalue weighted by Crippen LogP contribution is 2.16. The van der Waals surface area contributed by atoms with Crippen molar-refractivity contribution in [2.24, 2.45) is 0 Å². The fourth-order valence-electron chi connectivity index (χ4n) is 1.65. The van der Waals surface area contributed by atoms with Gasteiger partial charge in [-0.25, -0.2) is 9.78 Å². The second-order valence-electron chi connectivity index (χ2n) is 4.19. The molecule has 1 heterocycles. The molecule has 3 N–H and O–H groups in total. The van der Waals surface area contributed by atoms with Crippen LogP contribution in [0.15, 0.2) is 42.6 Å². The number of hydrogen-bond acceptors (Lipinski definition) is 4. The molecular formula is C14H13N3O3. The summed E-state index contributed by atoms with van der Waals surface area (Å²) >= 11 is 0. The summed E-state index contributed by atoms with van der Waals surface area (Å²) in [5.41, 5.74) is 7.01. The molecule has 0 aliphatic rings. The van der Waals surface area contributed by atoms with Gasteiger partial charge in [-0.15, -0.1) is 0 Å². The number of carboxylic acid groups (broad SMARTS) is 1. The number of carboxylic acids is 1. The third kappa shape index (κ3) is 2.74. The first-order valence-corrected chi connectivity index (χ1v) is 5.82. The monoisotopic (exact) mass is 271 g/mol. The minimum atomic E-state index is -1.01. The van der Waals surface area contributed by atoms with E-state index in [1.807, 2.05) is 0 Å². The molecular weight excluding hydrogens is 258 g/mol. The largest absolute Gasteiger partial charge is 0.478 e. The fourth-order valence-corrected chi connectivity index (χ4v) is 1.65. The maximum Gasteiger partial charge on any atom is 0.335 e. The standard InChI is InChI=1S/C14H13N3O3/c1-17(11-5-2-9(3-6-11)14(19)20)13(18)12-7-4-10(15)8-16-12/h2-8H,15H2,1H3,(H,19,20). The van der Waals surface area contributed by atoms with Gasteiger partial charge in [0.25, 0.3) is 5.91 Å². The number of nitrogens with two attached hydrogens (primary N) is 1. The Balaban J connectivity index is 2.22. The van der Waals surface area contributed by atoms with Crippen LogP contribution in [0.25, 0.3) is 0 Å². The highest BCUT2D eigenvalue weighted by Gasteiger charge is 2.15. The molecule has 0 spiro atoms. The SMILES string of the molecule is CN(C(=O)c1ccc(N)cn1)c1ccc(C(=O)O)cc1. The van der Waals surface area contributed by atoms with Gasteiger partial charge < -0.3 is 15.7 Å². The van der Waals surface area contributed by atoms with Crippen LogP contribution in [0.3, 0.4) is 0 Å². The molecule has 0 atom stereocenters. The van der Waals surface area contributed by atoms with Crippen molar-refractivity contribution in [1.82, 2.24) is 4.98 Å². The first kappa shape index (κ1) is 13.5. The molecule has 0 unspecified atom stereocenters. The zero-order chi connectivity index (χ0) is 14.7. The van der Waals surface area contributed by atoms with Crippen molar-refractivity contribution in [3.8, 4) is 0 Å². The number of aromatic nitrogens is 1. The molecule has 6 heteroatoms. The van der Waals surface area contributed by atoms with Crippen LogP contribution in [0.1, 0.15) is 20.8 Å². The molecule has 0 saturated carbocycles. The van der Waals surface area contributed by atoms with E-state index in [0.29, 0.717) is 11.4 Å². The lowest BCUT2D eigenvalue weighted by Crippen LogP contribution is -2.27. The normalized spacial score (nSPS) is 10.1. The highest BCUT2D eigenvalue weighted by atomic mass is 16.4. The Labute approximate surface area is 115 Å². The number of aromatic carboxylic acids is 1. The second kappa shape index (κ2) is 5.40. The lowest BCUT2D eigenvalue weighted by molar-refractivity contribution is 0.0696. The lowest BCUT2D eigenvalue weighted by atomic mass is 10.2. The number of amides is 1. The number of nitrogens with zero attached hydrogens (tertiary/aromatic N) is 2. The maximum absolute atomic E-state index is 12.2. The number of rotatable bonds is 3. The Morgan fingerprint density at radius 1 is 1.15 bits per heavy atom. The van der Waals surface area contributed by atoms with Gasteiger partial charge >= 0.3 is 5.97 Å². The zero-order valence-corrected chi connectivity index (χ0v) is 10.8. The van der Waals surface area contributed by atoms with E-state index in [0.717, 1.165) is 0 Å². The van der Waals surface area contributed by atoms with E-state index in [1.165, 1.54) is 23.2 Å². The summed E-state index contributed by atoms with van der Waals surface area (Å²) in [5.74, 6) is -1.31. The van der Waals surface area contributed by atoms with Crippen LogP contribution in [-0.2, 0) is 0 Å². The number of anilines is 2. The van der Waals surface area contributed by atoms with Crippen LogP contribution < -0.4 is 10.6 Å². The van der Waals surface area contributed by atoms with Crippen molar-refractivity contribution in [2.45, 2.75) is 0 Å². The average Bonchev–Trinajstić information content (AvgIpc) is 2.46. The Morgan fingerprint density at radius 3 is 2.30 bits per heavy atom. The van der Waals surface area contributed by atoms with E-state index in [2.05, 4.69) is 4.98 Å². The number of carbonyl (C=O) groups is 2. The molecule has 2 rings (SSSR count). The summed E-state index contributed by atoms with van der Waals surface area (Å²) in [6, 6.07) is 9.16. The molecule has 0 saturated heterocycles. The second-order valence-corrected chi connectivity index (χ2v) is 4.19. The number of pyridine rings is 1. The molecule has 0 aliphatic heterocycles. The minimum absolute atomic E-state index is 0.167. The summed E-state index contributed by atoms with van der Waals surface area (Å²) in [6.07, 6.45) is 1.41. The third-order valence-corrected chi connectivity index (χ3v) is 2.81. The van der Waals surface area contributed by atoms with Gasteiger partial charge in [-0.2, -0.15) is 0 Å². The smallest absolute Gasteiger partial charge is 0.335 e. The summed E-state index contributed by atoms with van der Waals surface area (Å²) in [7, 11) is 1.59. The van der Waals surface area contributed by atoms with Crippen LogP contribution in [0.4, 0.5) is 11.4 Å². The van der Waals surface area contributed by atoms with E-state index < -0.39 is 5.97 Å². The number of nitrogen functional groups attached to an aromatic ring is 1. The van der Waals surface area contributed by atoms with Crippen LogP contribution in [-0.4, -0.2) is 29.0 Å². The molecule has 2 aromatic rings. The van der Waals surface area contributed by atoms with Crippen LogP contribution >= 0.6 is 0 Å². The van der Waals surface area contributed by atoms with Crippen molar-refractivity contribution in [2.75, 3.05) is 17.7 Å². The Bertz CT molecular complexity index is 636. The van der Waals surface area contributed by atoms with Crippen LogP contribution in [0, 0.1) is 0 Å². The van der Waals surface area contributed by atoms with Gasteiger partial charge in [-0.1, -0.05) is 0 Å². The van der Waals surface area contributed by atoms with Gasteiger partial charge in [0.05, 0.1) is 17.4 Å². The molecule has 0 aliphatic carbocycles. The Morgan fingerprint density at radius 2 is 1.80 bits per heavy atom. The Kier molecular flexibility index (Phi) is 3.65. The van der Waals surface area contributed by atoms with Gasteiger partial charge in [0.1, 0.15) is 5.69 Å². The van der Waals surface area contributed by atoms with Gasteiger partial charge in [-0.05, 0) is 36.4 Å². The summed E-state index contributed by atoms with van der Waals surface area (Å²) in [4.78, 5) is 28.3. The van der Waals surface area contributed by atoms with Gasteiger partial charge in [0.15, 0.2) is 0 Å². The summed E-state index contributed by atoms with van der Waals surface area (Å²) in [5, 5.41) is 8.83. The van der Waals surface area contributed by atoms with Crippen molar-refractivity contribution >= 4 is 23.3 Å². The predicted molar refractivity (Wildman–Crippen MR) is 74.8 cm³/mol. The number of benzene rings is 1. The van der Waals surface area contributed by atoms with Crippen LogP contribution in [0.2, 0.25) is 0 Å². The number of carbonyl (C=O) groups excluding carboxylic acids is 1. The van der Waals surface area contributed by atoms with Crippen molar-refractivity contribution in [3.63, 3.8) is 0 Å². The van der Waals surface area contributed by atoms with Crippen molar-refractivity contribution in [3.05, 3.63) is 53.9 Å². The zero-order valence-electron chi connectivity index (χ0n) is 10.8. The summed E-state index contributed by atoms with van der Waals surface area (Å²) < 4.78 is 0. The predicted octanol–water partition coefficient (Wildman–Crippen LogP) is 1.64. The van der Waals surface area contributed by atoms with E-state index in [4.69, 9.17) is 10.8 Å². The van der Waals surface area contributed by atoms with E-state index >= 15 is 0 Å². The molecule has 1 amide bonds. The van der Waals surface area contributed by atoms with Crippen LogP contribution in [0.5, 0.6) is 0 Å². The molecule has 0 radical (unpaired) electrons. The van der Waals surface area contributed by atoms with E-state index in [9.17, 15) is 9.59 Å². The maximum atomic E-state index is 12.2. The van der Waals surface area contributed by atoms with E-state index in [1.54, 1.807) is 31.3 Å². The first-order valence-electron chi connectivity index (χ1n) is 5.82. The van der Waals surface area contributed by atoms with E-state index in [-0.39, 0.29) is 17.2 Å². The molecule has 102 valence electrons. The fraction of sp³-hybridized carbons (Fsp3) is 0.0714. The molecule has 1 aromatic heterocycles. The molecule has 0 bridgehead atoms. The molecule has 0 fully saturated rings. The lowest BCUT2D eigenvalue weighted by Gasteiger charge is -2.17. The number of hydrogen-bond donors (Lipinski definition) is 2. The molecule has 6 nitrogen and oxygen atoms in total. The topological polar surface area (TPSA) is 96.5 Å². The van der Waals surface area contributed by atoms with Gasteiger partial charge in [-0.3, -0.25) is 4.79 Å². The molecule has 1 aromatic carbocycles. The van der Waals surface area contributed by atoms with Crippen molar-refractivity contribution in [1.29, 1.82) is 0 Å². The average molecular weight is 271 g/mol. The quantitative estimate of drug-likeness (QED) is 0.884. The highest BCUT2D eigenvalue weighted by molar-refractivity contribution is 6.04. The van der Waals surface area contributed by atoms with Gasteiger partial charge in [0, 0.05) is 12.7 Å². The molecule has 20 heavy (non-hydrogen) atoms. The first-order chi connectivity index (χ1) is 9.49. The minimum Gasteiger partial charge on any atom is -0.478 e. The summed E-state index contributed by atoms with van der Waals surface area (Å²) in [6.45, 7) is 0. The Hall–Kier alpha value is -2.89. The third-order valence-electron chi connectivity index (χ3n) is 2.81. The van der Waals surface area contributed by atoms with Crippen molar-refractivity contribution < 1.29 is 14.7 Å².